The minimum atomic E-state index is 1.31. The third-order valence-corrected chi connectivity index (χ3v) is 0.167. The van der Waals surface area contributed by atoms with Gasteiger partial charge in [-0.05, 0) is 0 Å². The second-order valence-corrected chi connectivity index (χ2v) is 0.478. The summed E-state index contributed by atoms with van der Waals surface area (Å²) in [4.78, 5) is 0. The van der Waals surface area contributed by atoms with Gasteiger partial charge in [-0.1, -0.05) is 11.8 Å². The smallest absolute Gasteiger partial charge is 0.105 e. The highest BCUT2D eigenvalue weighted by Crippen LogP contribution is 1.57. The fraction of sp³-hybridized carbons (Fsp3) is 0. The lowest BCUT2D eigenvalue weighted by Gasteiger charge is -1.54. The molecule has 0 aliphatic carbocycles. The van der Waals surface area contributed by atoms with Crippen molar-refractivity contribution in [3.63, 3.8) is 0 Å². The van der Waals surface area contributed by atoms with Crippen molar-refractivity contribution in [1.29, 1.82) is 0 Å². The van der Waals surface area contributed by atoms with Crippen LogP contribution >= 0.6 is 0 Å². The van der Waals surface area contributed by atoms with Gasteiger partial charge in [0.05, 0.1) is 0 Å². The molecule has 0 saturated heterocycles. The molecular formula is C5H3. The molecule has 23 valence electrons. The third kappa shape index (κ3) is 3.12. The maximum Gasteiger partial charge on any atom is 0.105 e. The second-order valence-electron chi connectivity index (χ2n) is 0.478. The molecule has 0 rings (SSSR count). The van der Waals surface area contributed by atoms with Crippen LogP contribution in [0.1, 0.15) is 0 Å². The summed E-state index contributed by atoms with van der Waals surface area (Å²) < 4.78 is 0. The first kappa shape index (κ1) is 4.12. The van der Waals surface area contributed by atoms with Crippen LogP contribution in [-0.2, 0) is 0 Å². The zero-order valence-electron chi connectivity index (χ0n) is 2.73. The lowest BCUT2D eigenvalue weighted by Crippen LogP contribution is -1.49. The molecule has 1 radical (unpaired) electrons. The zero-order valence-corrected chi connectivity index (χ0v) is 2.73. The van der Waals surface area contributed by atoms with Crippen molar-refractivity contribution in [2.24, 2.45) is 0 Å². The molecule has 0 aromatic heterocycles. The van der Waals surface area contributed by atoms with Gasteiger partial charge in [0.15, 0.2) is 0 Å². The van der Waals surface area contributed by atoms with Crippen LogP contribution in [0, 0.1) is 31.1 Å². The third-order valence-electron chi connectivity index (χ3n) is 0.167. The highest BCUT2D eigenvalue weighted by molar-refractivity contribution is 5.18. The normalized spacial score (nSPS) is 4.40. The molecule has 0 aliphatic heterocycles. The lowest BCUT2D eigenvalue weighted by atomic mass is 10.5. The molecule has 5 heavy (non-hydrogen) atoms. The largest absolute Gasteiger partial charge is 0.119 e. The van der Waals surface area contributed by atoms with E-state index >= 15 is 0 Å². The Bertz CT molecular complexity index is 65.2. The maximum atomic E-state index is 4.69. The molecule has 0 atom stereocenters. The molecule has 0 heteroatoms. The van der Waals surface area contributed by atoms with Crippen LogP contribution in [0.5, 0.6) is 0 Å². The van der Waals surface area contributed by atoms with Crippen molar-refractivity contribution in [2.45, 2.75) is 0 Å². The summed E-state index contributed by atoms with van der Waals surface area (Å²) in [6.07, 6.45) is 10.7. The monoisotopic (exact) mass is 63.0 g/mol. The van der Waals surface area contributed by atoms with Crippen LogP contribution in [0.25, 0.3) is 0 Å². The lowest BCUT2D eigenvalue weighted by molar-refractivity contribution is 2.04. The molecule has 0 aromatic rings. The molecule has 0 aliphatic rings. The van der Waals surface area contributed by atoms with Crippen molar-refractivity contribution >= 4 is 0 Å². The molecule has 0 aromatic carbocycles. The number of terminal acetylenes is 2. The molecular weight excluding hydrogens is 60.1 g/mol. The average molecular weight is 63.1 g/mol. The van der Waals surface area contributed by atoms with Gasteiger partial charge in [-0.3, -0.25) is 0 Å². The fourth-order valence-electron chi connectivity index (χ4n) is 0.0481. The van der Waals surface area contributed by atoms with Crippen LogP contribution in [0.4, 0.5) is 0 Å². The van der Waals surface area contributed by atoms with Gasteiger partial charge in [0.2, 0.25) is 0 Å². The molecule has 0 N–H and O–H groups in total. The Kier molecular flexibility index (Phi) is 2.57. The minimum Gasteiger partial charge on any atom is -0.119 e. The predicted molar refractivity (Wildman–Crippen MR) is 22.0 cm³/mol. The molecule has 0 saturated carbocycles. The second kappa shape index (κ2) is 3.12. The van der Waals surface area contributed by atoms with E-state index in [1.54, 1.807) is 0 Å². The quantitative estimate of drug-likeness (QED) is 0.358. The highest BCUT2D eigenvalue weighted by Gasteiger charge is 1.53. The van der Waals surface area contributed by atoms with Crippen LogP contribution in [-0.4, -0.2) is 0 Å². The molecule has 0 nitrogen and oxygen atoms in total. The Morgan fingerprint density at radius 2 is 1.60 bits per heavy atom. The molecule has 0 fully saturated rings. The summed E-state index contributed by atoms with van der Waals surface area (Å²) in [5.41, 5.74) is 0. The van der Waals surface area contributed by atoms with E-state index in [0.717, 1.165) is 0 Å². The highest BCUT2D eigenvalue weighted by atomic mass is 13.5. The Hall–Kier alpha value is -0.880. The first-order valence-corrected chi connectivity index (χ1v) is 1.15. The van der Waals surface area contributed by atoms with Crippen molar-refractivity contribution in [2.75, 3.05) is 0 Å². The van der Waals surface area contributed by atoms with E-state index in [-0.39, 0.29) is 0 Å². The molecule has 0 heterocycles. The van der Waals surface area contributed by atoms with Crippen LogP contribution in [0.15, 0.2) is 0 Å². The van der Waals surface area contributed by atoms with Crippen molar-refractivity contribution in [1.82, 2.24) is 0 Å². The van der Waals surface area contributed by atoms with Gasteiger partial charge in [-0.2, -0.15) is 0 Å². The summed E-state index contributed by atoms with van der Waals surface area (Å²) >= 11 is 0. The summed E-state index contributed by atoms with van der Waals surface area (Å²) in [5, 5.41) is 0. The average Bonchev–Trinajstić information content (AvgIpc) is 1.41. The van der Waals surface area contributed by atoms with Crippen molar-refractivity contribution in [3.05, 3.63) is 6.42 Å². The van der Waals surface area contributed by atoms with E-state index in [2.05, 4.69) is 11.8 Å². The summed E-state index contributed by atoms with van der Waals surface area (Å²) in [6, 6.07) is 0. The summed E-state index contributed by atoms with van der Waals surface area (Å²) in [6.45, 7) is 0. The Balaban J connectivity index is 2.86. The molecule has 0 amide bonds. The standard InChI is InChI=1S/C5H3/c1-3-5-4-2/h1-2,5H. The topological polar surface area (TPSA) is 0 Å². The van der Waals surface area contributed by atoms with Crippen molar-refractivity contribution in [3.8, 4) is 24.7 Å². The maximum absolute atomic E-state index is 4.69. The van der Waals surface area contributed by atoms with E-state index in [4.69, 9.17) is 12.8 Å². The van der Waals surface area contributed by atoms with Crippen LogP contribution in [0.3, 0.4) is 0 Å². The first-order chi connectivity index (χ1) is 2.41. The number of hydrogen-bond acceptors (Lipinski definition) is 0. The fourth-order valence-corrected chi connectivity index (χ4v) is 0.0481. The Morgan fingerprint density at radius 3 is 1.60 bits per heavy atom. The molecule has 0 unspecified atom stereocenters. The van der Waals surface area contributed by atoms with Crippen LogP contribution in [0.2, 0.25) is 0 Å². The minimum absolute atomic E-state index is 1.31. The number of hydrogen-bond donors (Lipinski definition) is 0. The number of rotatable bonds is 0. The summed E-state index contributed by atoms with van der Waals surface area (Å²) in [7, 11) is 0. The van der Waals surface area contributed by atoms with Crippen molar-refractivity contribution < 1.29 is 0 Å². The SMILES string of the molecule is C#C[CH]C#C. The Morgan fingerprint density at radius 1 is 1.20 bits per heavy atom. The van der Waals surface area contributed by atoms with E-state index in [1.165, 1.54) is 6.42 Å². The van der Waals surface area contributed by atoms with E-state index < -0.39 is 0 Å². The molecule has 0 bridgehead atoms. The van der Waals surface area contributed by atoms with Gasteiger partial charge in [0, 0.05) is 0 Å². The predicted octanol–water partition coefficient (Wildman–Crippen LogP) is 0.457. The van der Waals surface area contributed by atoms with Gasteiger partial charge < -0.3 is 0 Å². The van der Waals surface area contributed by atoms with E-state index in [0.29, 0.717) is 0 Å². The van der Waals surface area contributed by atoms with Gasteiger partial charge in [0.1, 0.15) is 6.42 Å². The zero-order chi connectivity index (χ0) is 4.12. The first-order valence-electron chi connectivity index (χ1n) is 1.15. The van der Waals surface area contributed by atoms with E-state index in [9.17, 15) is 0 Å². The van der Waals surface area contributed by atoms with Gasteiger partial charge >= 0.3 is 0 Å². The van der Waals surface area contributed by atoms with Gasteiger partial charge in [-0.15, -0.1) is 12.8 Å². The van der Waals surface area contributed by atoms with Gasteiger partial charge in [0.25, 0.3) is 0 Å². The van der Waals surface area contributed by atoms with Gasteiger partial charge in [-0.25, -0.2) is 0 Å². The van der Waals surface area contributed by atoms with Crippen LogP contribution < -0.4 is 0 Å². The molecule has 0 spiro atoms. The Labute approximate surface area is 32.2 Å². The summed E-state index contributed by atoms with van der Waals surface area (Å²) in [5.74, 6) is 4.31. The van der Waals surface area contributed by atoms with E-state index in [1.807, 2.05) is 0 Å².